The Morgan fingerprint density at radius 2 is 1.88 bits per heavy atom. The average Bonchev–Trinajstić information content (AvgIpc) is 3.27. The van der Waals surface area contributed by atoms with Gasteiger partial charge in [-0.15, -0.1) is 11.7 Å². The van der Waals surface area contributed by atoms with Crippen LogP contribution in [0.2, 0.25) is 0 Å². The standard InChI is InChI=1S/C18H21N5O2/c1-3-4-11-16(24)21-12-8-13-22(21)18(25)17-14(2)19-23(20-17)15-9-6-5-7-10-15/h3,5-7,9-10H,1,4,8,11-13H2,2H3. The molecule has 1 aliphatic rings. The second kappa shape index (κ2) is 7.29. The second-order valence-electron chi connectivity index (χ2n) is 5.89. The minimum atomic E-state index is -0.288. The molecule has 0 aliphatic carbocycles. The Kier molecular flexibility index (Phi) is 4.92. The Balaban J connectivity index is 1.82. The summed E-state index contributed by atoms with van der Waals surface area (Å²) in [4.78, 5) is 26.6. The van der Waals surface area contributed by atoms with E-state index in [1.165, 1.54) is 14.8 Å². The molecular weight excluding hydrogens is 318 g/mol. The maximum absolute atomic E-state index is 12.9. The molecule has 0 atom stereocenters. The van der Waals surface area contributed by atoms with E-state index in [1.54, 1.807) is 13.0 Å². The number of rotatable bonds is 5. The molecule has 130 valence electrons. The van der Waals surface area contributed by atoms with Crippen LogP contribution >= 0.6 is 0 Å². The zero-order valence-electron chi connectivity index (χ0n) is 14.3. The van der Waals surface area contributed by atoms with Gasteiger partial charge in [0.05, 0.1) is 11.4 Å². The third kappa shape index (κ3) is 3.45. The number of benzene rings is 1. The van der Waals surface area contributed by atoms with Crippen molar-refractivity contribution in [3.8, 4) is 5.69 Å². The zero-order valence-corrected chi connectivity index (χ0v) is 14.3. The number of nitrogens with zero attached hydrogens (tertiary/aromatic N) is 5. The molecule has 0 spiro atoms. The molecule has 2 amide bonds. The molecule has 3 rings (SSSR count). The number of hydrogen-bond donors (Lipinski definition) is 0. The topological polar surface area (TPSA) is 71.3 Å². The predicted octanol–water partition coefficient (Wildman–Crippen LogP) is 2.13. The van der Waals surface area contributed by atoms with Crippen molar-refractivity contribution in [2.75, 3.05) is 13.1 Å². The quantitative estimate of drug-likeness (QED) is 0.783. The van der Waals surface area contributed by atoms with Crippen molar-refractivity contribution >= 4 is 11.8 Å². The van der Waals surface area contributed by atoms with Gasteiger partial charge in [0.15, 0.2) is 5.69 Å². The molecule has 0 radical (unpaired) electrons. The molecule has 2 heterocycles. The summed E-state index contributed by atoms with van der Waals surface area (Å²) < 4.78 is 0. The van der Waals surface area contributed by atoms with Crippen LogP contribution in [0.5, 0.6) is 0 Å². The molecule has 0 saturated carbocycles. The van der Waals surface area contributed by atoms with Crippen molar-refractivity contribution in [3.05, 3.63) is 54.4 Å². The van der Waals surface area contributed by atoms with E-state index in [1.807, 2.05) is 30.3 Å². The van der Waals surface area contributed by atoms with Gasteiger partial charge in [-0.05, 0) is 31.9 Å². The SMILES string of the molecule is C=CCCC(=O)N1CCCN1C(=O)c1nn(-c2ccccc2)nc1C. The third-order valence-corrected chi connectivity index (χ3v) is 4.09. The molecule has 0 N–H and O–H groups in total. The van der Waals surface area contributed by atoms with Gasteiger partial charge in [0.2, 0.25) is 5.91 Å². The summed E-state index contributed by atoms with van der Waals surface area (Å²) in [6.45, 7) is 6.44. The number of carbonyl (C=O) groups excluding carboxylic acids is 2. The summed E-state index contributed by atoms with van der Waals surface area (Å²) in [5, 5.41) is 11.7. The van der Waals surface area contributed by atoms with Gasteiger partial charge in [-0.25, -0.2) is 5.01 Å². The Morgan fingerprint density at radius 1 is 1.16 bits per heavy atom. The highest BCUT2D eigenvalue weighted by molar-refractivity contribution is 5.94. The van der Waals surface area contributed by atoms with Crippen LogP contribution in [0.3, 0.4) is 0 Å². The molecule has 1 aliphatic heterocycles. The summed E-state index contributed by atoms with van der Waals surface area (Å²) in [5.74, 6) is -0.358. The molecule has 7 heteroatoms. The fraction of sp³-hybridized carbons (Fsp3) is 0.333. The Bertz CT molecular complexity index is 784. The van der Waals surface area contributed by atoms with E-state index < -0.39 is 0 Å². The molecule has 25 heavy (non-hydrogen) atoms. The van der Waals surface area contributed by atoms with Crippen molar-refractivity contribution in [2.24, 2.45) is 0 Å². The molecule has 7 nitrogen and oxygen atoms in total. The molecule has 0 bridgehead atoms. The largest absolute Gasteiger partial charge is 0.294 e. The van der Waals surface area contributed by atoms with Crippen LogP contribution in [0.15, 0.2) is 43.0 Å². The van der Waals surface area contributed by atoms with E-state index in [-0.39, 0.29) is 17.5 Å². The highest BCUT2D eigenvalue weighted by Gasteiger charge is 2.33. The highest BCUT2D eigenvalue weighted by atomic mass is 16.2. The lowest BCUT2D eigenvalue weighted by Gasteiger charge is -2.27. The number of carbonyl (C=O) groups is 2. The van der Waals surface area contributed by atoms with Crippen LogP contribution in [-0.4, -0.2) is 49.9 Å². The van der Waals surface area contributed by atoms with Gasteiger partial charge in [0.1, 0.15) is 0 Å². The first-order chi connectivity index (χ1) is 12.1. The minimum Gasteiger partial charge on any atom is -0.273 e. The summed E-state index contributed by atoms with van der Waals surface area (Å²) in [6.07, 6.45) is 3.41. The first-order valence-electron chi connectivity index (χ1n) is 8.34. The van der Waals surface area contributed by atoms with Gasteiger partial charge in [0, 0.05) is 19.5 Å². The van der Waals surface area contributed by atoms with Crippen molar-refractivity contribution in [1.29, 1.82) is 0 Å². The van der Waals surface area contributed by atoms with Gasteiger partial charge >= 0.3 is 0 Å². The van der Waals surface area contributed by atoms with E-state index in [4.69, 9.17) is 0 Å². The normalized spacial score (nSPS) is 14.0. The molecule has 0 unspecified atom stereocenters. The van der Waals surface area contributed by atoms with Crippen molar-refractivity contribution < 1.29 is 9.59 Å². The molecular formula is C18H21N5O2. The molecule has 1 saturated heterocycles. The van der Waals surface area contributed by atoms with Crippen LogP contribution < -0.4 is 0 Å². The van der Waals surface area contributed by atoms with E-state index >= 15 is 0 Å². The predicted molar refractivity (Wildman–Crippen MR) is 92.9 cm³/mol. The van der Waals surface area contributed by atoms with Crippen LogP contribution in [0, 0.1) is 6.92 Å². The Labute approximate surface area is 146 Å². The number of hydrazine groups is 1. The zero-order chi connectivity index (χ0) is 17.8. The van der Waals surface area contributed by atoms with E-state index in [0.717, 1.165) is 12.1 Å². The average molecular weight is 339 g/mol. The third-order valence-electron chi connectivity index (χ3n) is 4.09. The van der Waals surface area contributed by atoms with Crippen LogP contribution in [0.4, 0.5) is 0 Å². The van der Waals surface area contributed by atoms with E-state index in [9.17, 15) is 9.59 Å². The minimum absolute atomic E-state index is 0.0705. The van der Waals surface area contributed by atoms with E-state index in [2.05, 4.69) is 16.8 Å². The number of amides is 2. The first kappa shape index (κ1) is 16.9. The number of aryl methyl sites for hydroxylation is 1. The maximum atomic E-state index is 12.9. The number of allylic oxidation sites excluding steroid dienone is 1. The van der Waals surface area contributed by atoms with Crippen LogP contribution in [0.1, 0.15) is 35.4 Å². The van der Waals surface area contributed by atoms with Gasteiger partial charge in [-0.1, -0.05) is 24.3 Å². The fourth-order valence-electron chi connectivity index (χ4n) is 2.81. The summed E-state index contributed by atoms with van der Waals surface area (Å²) in [6, 6.07) is 9.41. The Hall–Kier alpha value is -2.96. The number of hydrogen-bond acceptors (Lipinski definition) is 4. The lowest BCUT2D eigenvalue weighted by atomic mass is 10.3. The lowest BCUT2D eigenvalue weighted by molar-refractivity contribution is -0.140. The van der Waals surface area contributed by atoms with Crippen molar-refractivity contribution in [2.45, 2.75) is 26.2 Å². The monoisotopic (exact) mass is 339 g/mol. The fourth-order valence-corrected chi connectivity index (χ4v) is 2.81. The molecule has 1 aromatic carbocycles. The smallest absolute Gasteiger partial charge is 0.273 e. The van der Waals surface area contributed by atoms with Gasteiger partial charge in [-0.2, -0.15) is 9.90 Å². The molecule has 1 fully saturated rings. The van der Waals surface area contributed by atoms with Crippen molar-refractivity contribution in [1.82, 2.24) is 25.0 Å². The summed E-state index contributed by atoms with van der Waals surface area (Å²) in [7, 11) is 0. The lowest BCUT2D eigenvalue weighted by Crippen LogP contribution is -2.45. The van der Waals surface area contributed by atoms with E-state index in [0.29, 0.717) is 31.6 Å². The van der Waals surface area contributed by atoms with Crippen LogP contribution in [0.25, 0.3) is 5.69 Å². The Morgan fingerprint density at radius 3 is 2.60 bits per heavy atom. The maximum Gasteiger partial charge on any atom is 0.294 e. The number of para-hydroxylation sites is 1. The molecule has 2 aromatic rings. The van der Waals surface area contributed by atoms with Crippen molar-refractivity contribution in [3.63, 3.8) is 0 Å². The van der Waals surface area contributed by atoms with Gasteiger partial charge in [-0.3, -0.25) is 14.6 Å². The summed E-state index contributed by atoms with van der Waals surface area (Å²) in [5.41, 5.74) is 1.59. The first-order valence-corrected chi connectivity index (χ1v) is 8.34. The van der Waals surface area contributed by atoms with Gasteiger partial charge in [0.25, 0.3) is 5.91 Å². The number of aromatic nitrogens is 3. The second-order valence-corrected chi connectivity index (χ2v) is 5.89. The van der Waals surface area contributed by atoms with Gasteiger partial charge < -0.3 is 0 Å². The summed E-state index contributed by atoms with van der Waals surface area (Å²) >= 11 is 0. The highest BCUT2D eigenvalue weighted by Crippen LogP contribution is 2.18. The van der Waals surface area contributed by atoms with Crippen LogP contribution in [-0.2, 0) is 4.79 Å². The molecule has 1 aromatic heterocycles.